The standard InChI is InChI=1S/C26H29Cl2FO4/c1-14(2)9-23-20(16-5-7-17(27)8-6-16)12-19(15(3)4)25(33-23)21-10-18(29)11-22(28)26(21)32-13-24(30)31/h5-8,10-11,14,19-20,23,25H,3,9,12-13H2,1-2,4H3,(H,30,31)/t19-,20-,23+,25+/m0/s1. The lowest BCUT2D eigenvalue weighted by atomic mass is 9.74. The molecule has 0 aliphatic carbocycles. The summed E-state index contributed by atoms with van der Waals surface area (Å²) < 4.78 is 26.6. The van der Waals surface area contributed by atoms with Crippen LogP contribution >= 0.6 is 23.2 Å². The van der Waals surface area contributed by atoms with Gasteiger partial charge in [-0.1, -0.05) is 61.3 Å². The molecule has 1 aliphatic rings. The summed E-state index contributed by atoms with van der Waals surface area (Å²) in [7, 11) is 0. The second-order valence-corrected chi connectivity index (χ2v) is 9.90. The van der Waals surface area contributed by atoms with Gasteiger partial charge in [-0.15, -0.1) is 0 Å². The number of hydrogen-bond donors (Lipinski definition) is 1. The highest BCUT2D eigenvalue weighted by molar-refractivity contribution is 6.32. The number of hydrogen-bond acceptors (Lipinski definition) is 3. The molecule has 2 aromatic rings. The fourth-order valence-electron chi connectivity index (χ4n) is 4.50. The molecule has 4 nitrogen and oxygen atoms in total. The smallest absolute Gasteiger partial charge is 0.341 e. The maximum absolute atomic E-state index is 14.4. The van der Waals surface area contributed by atoms with Crippen LogP contribution in [0.3, 0.4) is 0 Å². The molecule has 3 rings (SSSR count). The molecule has 178 valence electrons. The zero-order chi connectivity index (χ0) is 24.3. The Morgan fingerprint density at radius 1 is 1.27 bits per heavy atom. The Labute approximate surface area is 204 Å². The third-order valence-electron chi connectivity index (χ3n) is 5.96. The van der Waals surface area contributed by atoms with Crippen molar-refractivity contribution in [2.75, 3.05) is 6.61 Å². The van der Waals surface area contributed by atoms with Crippen molar-refractivity contribution in [1.82, 2.24) is 0 Å². The molecule has 0 radical (unpaired) electrons. The molecular weight excluding hydrogens is 466 g/mol. The zero-order valence-electron chi connectivity index (χ0n) is 19.0. The highest BCUT2D eigenvalue weighted by atomic mass is 35.5. The van der Waals surface area contributed by atoms with Gasteiger partial charge in [-0.2, -0.15) is 0 Å². The third-order valence-corrected chi connectivity index (χ3v) is 6.49. The Morgan fingerprint density at radius 3 is 2.52 bits per heavy atom. The Bertz CT molecular complexity index is 1010. The van der Waals surface area contributed by atoms with Crippen molar-refractivity contribution in [3.63, 3.8) is 0 Å². The van der Waals surface area contributed by atoms with E-state index in [9.17, 15) is 9.18 Å². The van der Waals surface area contributed by atoms with Gasteiger partial charge in [0.05, 0.1) is 17.2 Å². The van der Waals surface area contributed by atoms with E-state index < -0.39 is 24.5 Å². The Morgan fingerprint density at radius 2 is 1.94 bits per heavy atom. The van der Waals surface area contributed by atoms with Crippen molar-refractivity contribution in [1.29, 1.82) is 0 Å². The molecule has 7 heteroatoms. The van der Waals surface area contributed by atoms with E-state index >= 15 is 0 Å². The summed E-state index contributed by atoms with van der Waals surface area (Å²) >= 11 is 12.4. The Kier molecular flexibility index (Phi) is 8.43. The highest BCUT2D eigenvalue weighted by Gasteiger charge is 2.41. The molecule has 1 heterocycles. The fraction of sp³-hybridized carbons (Fsp3) is 0.423. The van der Waals surface area contributed by atoms with Gasteiger partial charge in [0.15, 0.2) is 6.61 Å². The molecule has 4 atom stereocenters. The summed E-state index contributed by atoms with van der Waals surface area (Å²) in [6.07, 6.45) is 0.792. The molecule has 0 unspecified atom stereocenters. The van der Waals surface area contributed by atoms with E-state index in [0.717, 1.165) is 30.0 Å². The number of carboxylic acid groups (broad SMARTS) is 1. The fourth-order valence-corrected chi connectivity index (χ4v) is 4.89. The van der Waals surface area contributed by atoms with Crippen molar-refractivity contribution >= 4 is 29.2 Å². The van der Waals surface area contributed by atoms with Gasteiger partial charge in [-0.25, -0.2) is 9.18 Å². The lowest BCUT2D eigenvalue weighted by Crippen LogP contribution is -2.37. The summed E-state index contributed by atoms with van der Waals surface area (Å²) in [5.41, 5.74) is 2.40. The highest BCUT2D eigenvalue weighted by Crippen LogP contribution is 2.50. The van der Waals surface area contributed by atoms with E-state index in [1.54, 1.807) is 0 Å². The number of ether oxygens (including phenoxy) is 2. The largest absolute Gasteiger partial charge is 0.480 e. The Hall–Kier alpha value is -2.08. The molecule has 2 aromatic carbocycles. The van der Waals surface area contributed by atoms with Crippen LogP contribution in [0, 0.1) is 17.7 Å². The van der Waals surface area contributed by atoms with Crippen molar-refractivity contribution < 1.29 is 23.8 Å². The second-order valence-electron chi connectivity index (χ2n) is 9.06. The van der Waals surface area contributed by atoms with Crippen LogP contribution in [-0.2, 0) is 9.53 Å². The van der Waals surface area contributed by atoms with E-state index in [2.05, 4.69) is 20.4 Å². The molecule has 1 N–H and O–H groups in total. The number of rotatable bonds is 8. The normalized spacial score (nSPS) is 22.9. The van der Waals surface area contributed by atoms with Crippen molar-refractivity contribution in [3.05, 3.63) is 75.5 Å². The van der Waals surface area contributed by atoms with E-state index in [1.165, 1.54) is 6.07 Å². The molecular formula is C26H29Cl2FO4. The molecule has 0 aromatic heterocycles. The molecule has 1 saturated heterocycles. The van der Waals surface area contributed by atoms with Crippen LogP contribution in [-0.4, -0.2) is 23.8 Å². The second kappa shape index (κ2) is 10.9. The summed E-state index contributed by atoms with van der Waals surface area (Å²) in [5, 5.41) is 9.76. The maximum Gasteiger partial charge on any atom is 0.341 e. The molecule has 1 fully saturated rings. The predicted octanol–water partition coefficient (Wildman–Crippen LogP) is 7.45. The van der Waals surface area contributed by atoms with Crippen LogP contribution in [0.25, 0.3) is 0 Å². The van der Waals surface area contributed by atoms with Gasteiger partial charge >= 0.3 is 5.97 Å². The van der Waals surface area contributed by atoms with Crippen LogP contribution in [0.4, 0.5) is 4.39 Å². The number of aliphatic carboxylic acids is 1. The summed E-state index contributed by atoms with van der Waals surface area (Å²) in [4.78, 5) is 11.1. The minimum atomic E-state index is -1.15. The number of halogens is 3. The molecule has 0 saturated carbocycles. The number of carboxylic acids is 1. The average Bonchev–Trinajstić information content (AvgIpc) is 2.72. The summed E-state index contributed by atoms with van der Waals surface area (Å²) in [5.74, 6) is -1.25. The summed E-state index contributed by atoms with van der Waals surface area (Å²) in [6.45, 7) is 9.75. The topological polar surface area (TPSA) is 55.8 Å². The maximum atomic E-state index is 14.4. The van der Waals surface area contributed by atoms with Crippen LogP contribution in [0.15, 0.2) is 48.6 Å². The Balaban J connectivity index is 2.06. The third kappa shape index (κ3) is 6.28. The number of benzene rings is 2. The molecule has 0 spiro atoms. The first-order valence-electron chi connectivity index (χ1n) is 11.0. The van der Waals surface area contributed by atoms with E-state index in [1.807, 2.05) is 31.2 Å². The van der Waals surface area contributed by atoms with Gasteiger partial charge < -0.3 is 14.6 Å². The summed E-state index contributed by atoms with van der Waals surface area (Å²) in [6, 6.07) is 10.2. The lowest BCUT2D eigenvalue weighted by Gasteiger charge is -2.43. The van der Waals surface area contributed by atoms with Gasteiger partial charge in [0.1, 0.15) is 11.6 Å². The zero-order valence-corrected chi connectivity index (χ0v) is 20.5. The minimum Gasteiger partial charge on any atom is -0.480 e. The molecule has 0 bridgehead atoms. The molecule has 1 aliphatic heterocycles. The van der Waals surface area contributed by atoms with Crippen molar-refractivity contribution in [3.8, 4) is 5.75 Å². The lowest BCUT2D eigenvalue weighted by molar-refractivity contribution is -0.139. The first kappa shape index (κ1) is 25.5. The van der Waals surface area contributed by atoms with Crippen molar-refractivity contribution in [2.24, 2.45) is 11.8 Å². The monoisotopic (exact) mass is 494 g/mol. The van der Waals surface area contributed by atoms with Gasteiger partial charge in [0.2, 0.25) is 0 Å². The van der Waals surface area contributed by atoms with Gasteiger partial charge in [0, 0.05) is 22.4 Å². The minimum absolute atomic E-state index is 0.00977. The van der Waals surface area contributed by atoms with E-state index in [0.29, 0.717) is 16.5 Å². The quantitative estimate of drug-likeness (QED) is 0.387. The average molecular weight is 495 g/mol. The van der Waals surface area contributed by atoms with Crippen LogP contribution in [0.2, 0.25) is 10.0 Å². The van der Waals surface area contributed by atoms with E-state index in [-0.39, 0.29) is 28.7 Å². The predicted molar refractivity (Wildman–Crippen MR) is 129 cm³/mol. The van der Waals surface area contributed by atoms with Crippen LogP contribution in [0.1, 0.15) is 56.8 Å². The van der Waals surface area contributed by atoms with Gasteiger partial charge in [0.25, 0.3) is 0 Å². The first-order valence-corrected chi connectivity index (χ1v) is 11.7. The van der Waals surface area contributed by atoms with Crippen LogP contribution < -0.4 is 4.74 Å². The first-order chi connectivity index (χ1) is 15.6. The number of carbonyl (C=O) groups is 1. The van der Waals surface area contributed by atoms with Gasteiger partial charge in [-0.3, -0.25) is 0 Å². The van der Waals surface area contributed by atoms with E-state index in [4.69, 9.17) is 37.8 Å². The van der Waals surface area contributed by atoms with Gasteiger partial charge in [-0.05, 0) is 55.5 Å². The molecule has 0 amide bonds. The molecule has 33 heavy (non-hydrogen) atoms. The van der Waals surface area contributed by atoms with Crippen molar-refractivity contribution in [2.45, 2.75) is 51.7 Å². The SMILES string of the molecule is C=C(C)[C@@H]1C[C@@H](c2ccc(Cl)cc2)[C@@H](CC(C)C)O[C@H]1c1cc(F)cc(Cl)c1OCC(=O)O. The van der Waals surface area contributed by atoms with Crippen LogP contribution in [0.5, 0.6) is 5.75 Å².